The van der Waals surface area contributed by atoms with Crippen molar-refractivity contribution in [3.05, 3.63) is 65.2 Å². The van der Waals surface area contributed by atoms with Gasteiger partial charge < -0.3 is 5.32 Å². The molecule has 29 heavy (non-hydrogen) atoms. The summed E-state index contributed by atoms with van der Waals surface area (Å²) in [6.07, 6.45) is 0. The molecule has 0 saturated heterocycles. The lowest BCUT2D eigenvalue weighted by molar-refractivity contribution is 0.103. The molecule has 1 aromatic heterocycles. The molecule has 0 aliphatic carbocycles. The minimum absolute atomic E-state index is 0.208. The van der Waals surface area contributed by atoms with Gasteiger partial charge in [-0.05, 0) is 31.2 Å². The van der Waals surface area contributed by atoms with Crippen LogP contribution in [0.2, 0.25) is 0 Å². The molecule has 8 heteroatoms. The van der Waals surface area contributed by atoms with Gasteiger partial charge in [-0.25, -0.2) is 13.4 Å². The standard InChI is InChI=1S/C21H23N3O3S2/c1-4-24(5-2)29(26,27)18-13-11-17(12-14-18)23-20(25)19-15(3)22-21(28-19)16-9-7-6-8-10-16/h6-14H,4-5H2,1-3H3,(H,23,25). The third kappa shape index (κ3) is 4.55. The maximum atomic E-state index is 12.7. The number of carbonyl (C=O) groups excluding carboxylic acids is 1. The fourth-order valence-electron chi connectivity index (χ4n) is 2.92. The summed E-state index contributed by atoms with van der Waals surface area (Å²) in [7, 11) is -3.52. The number of nitrogens with zero attached hydrogens (tertiary/aromatic N) is 2. The van der Waals surface area contributed by atoms with Crippen LogP contribution >= 0.6 is 11.3 Å². The predicted molar refractivity (Wildman–Crippen MR) is 117 cm³/mol. The molecule has 0 atom stereocenters. The van der Waals surface area contributed by atoms with Crippen LogP contribution in [0.1, 0.15) is 29.2 Å². The van der Waals surface area contributed by atoms with Crippen LogP contribution < -0.4 is 5.32 Å². The lowest BCUT2D eigenvalue weighted by Crippen LogP contribution is -2.30. The van der Waals surface area contributed by atoms with Gasteiger partial charge in [-0.2, -0.15) is 4.31 Å². The van der Waals surface area contributed by atoms with Gasteiger partial charge in [-0.1, -0.05) is 44.2 Å². The van der Waals surface area contributed by atoms with Crippen LogP contribution in [-0.2, 0) is 10.0 Å². The van der Waals surface area contributed by atoms with Crippen molar-refractivity contribution < 1.29 is 13.2 Å². The Morgan fingerprint density at radius 1 is 1.03 bits per heavy atom. The van der Waals surface area contributed by atoms with Crippen molar-refractivity contribution in [2.75, 3.05) is 18.4 Å². The molecule has 0 aliphatic heterocycles. The SMILES string of the molecule is CCN(CC)S(=O)(=O)c1ccc(NC(=O)c2sc(-c3ccccc3)nc2C)cc1. The molecular weight excluding hydrogens is 406 g/mol. The Hall–Kier alpha value is -2.55. The molecule has 2 aromatic carbocycles. The van der Waals surface area contributed by atoms with Gasteiger partial charge >= 0.3 is 0 Å². The summed E-state index contributed by atoms with van der Waals surface area (Å²) in [6, 6.07) is 15.9. The second kappa shape index (κ2) is 8.86. The third-order valence-corrected chi connectivity index (χ3v) is 7.75. The Balaban J connectivity index is 1.77. The van der Waals surface area contributed by atoms with Crippen molar-refractivity contribution in [1.82, 2.24) is 9.29 Å². The van der Waals surface area contributed by atoms with Crippen LogP contribution in [0.5, 0.6) is 0 Å². The number of amides is 1. The molecule has 3 aromatic rings. The quantitative estimate of drug-likeness (QED) is 0.604. The van der Waals surface area contributed by atoms with Crippen LogP contribution in [-0.4, -0.2) is 36.7 Å². The molecule has 0 fully saturated rings. The third-order valence-electron chi connectivity index (χ3n) is 4.48. The number of anilines is 1. The number of nitrogens with one attached hydrogen (secondary N) is 1. The summed E-state index contributed by atoms with van der Waals surface area (Å²) < 4.78 is 26.5. The first kappa shape index (κ1) is 21.2. The minimum atomic E-state index is -3.52. The Morgan fingerprint density at radius 3 is 2.24 bits per heavy atom. The van der Waals surface area contributed by atoms with Crippen molar-refractivity contribution in [3.63, 3.8) is 0 Å². The lowest BCUT2D eigenvalue weighted by Gasteiger charge is -2.18. The first-order chi connectivity index (χ1) is 13.9. The van der Waals surface area contributed by atoms with E-state index in [4.69, 9.17) is 0 Å². The Labute approximate surface area is 175 Å². The van der Waals surface area contributed by atoms with E-state index in [2.05, 4.69) is 10.3 Å². The molecule has 0 radical (unpaired) electrons. The van der Waals surface area contributed by atoms with E-state index in [-0.39, 0.29) is 10.8 Å². The largest absolute Gasteiger partial charge is 0.321 e. The van der Waals surface area contributed by atoms with Gasteiger partial charge in [0.25, 0.3) is 5.91 Å². The number of benzene rings is 2. The molecule has 0 unspecified atom stereocenters. The summed E-state index contributed by atoms with van der Waals surface area (Å²) in [5.74, 6) is -0.262. The summed E-state index contributed by atoms with van der Waals surface area (Å²) in [5, 5.41) is 3.61. The highest BCUT2D eigenvalue weighted by molar-refractivity contribution is 7.89. The smallest absolute Gasteiger partial charge is 0.267 e. The lowest BCUT2D eigenvalue weighted by atomic mass is 10.2. The molecule has 6 nitrogen and oxygen atoms in total. The molecule has 0 aliphatic rings. The Kier molecular flexibility index (Phi) is 6.46. The van der Waals surface area contributed by atoms with E-state index < -0.39 is 10.0 Å². The number of hydrogen-bond donors (Lipinski definition) is 1. The molecule has 3 rings (SSSR count). The number of hydrogen-bond acceptors (Lipinski definition) is 5. The molecule has 0 spiro atoms. The number of carbonyl (C=O) groups is 1. The highest BCUT2D eigenvalue weighted by Crippen LogP contribution is 2.28. The molecule has 152 valence electrons. The van der Waals surface area contributed by atoms with Gasteiger partial charge in [0.1, 0.15) is 9.88 Å². The molecular formula is C21H23N3O3S2. The molecule has 0 bridgehead atoms. The van der Waals surface area contributed by atoms with E-state index in [9.17, 15) is 13.2 Å². The van der Waals surface area contributed by atoms with Crippen molar-refractivity contribution in [1.29, 1.82) is 0 Å². The predicted octanol–water partition coefficient (Wildman–Crippen LogP) is 4.40. The molecule has 1 heterocycles. The van der Waals surface area contributed by atoms with Crippen LogP contribution in [0, 0.1) is 6.92 Å². The zero-order valence-corrected chi connectivity index (χ0v) is 18.2. The molecule has 1 amide bonds. The summed E-state index contributed by atoms with van der Waals surface area (Å²) in [5.41, 5.74) is 2.15. The number of aryl methyl sites for hydroxylation is 1. The number of rotatable bonds is 7. The first-order valence-electron chi connectivity index (χ1n) is 9.31. The summed E-state index contributed by atoms with van der Waals surface area (Å²) >= 11 is 1.33. The summed E-state index contributed by atoms with van der Waals surface area (Å²) in [4.78, 5) is 17.9. The second-order valence-electron chi connectivity index (χ2n) is 6.37. The van der Waals surface area contributed by atoms with Crippen LogP contribution in [0.3, 0.4) is 0 Å². The molecule has 0 saturated carbocycles. The van der Waals surface area contributed by atoms with Crippen molar-refractivity contribution in [2.45, 2.75) is 25.7 Å². The zero-order valence-electron chi connectivity index (χ0n) is 16.5. The zero-order chi connectivity index (χ0) is 21.0. The highest BCUT2D eigenvalue weighted by Gasteiger charge is 2.22. The second-order valence-corrected chi connectivity index (χ2v) is 9.30. The van der Waals surface area contributed by atoms with Gasteiger partial charge in [0.2, 0.25) is 10.0 Å². The fraction of sp³-hybridized carbons (Fsp3) is 0.238. The monoisotopic (exact) mass is 429 g/mol. The van der Waals surface area contributed by atoms with Crippen molar-refractivity contribution in [2.24, 2.45) is 0 Å². The van der Waals surface area contributed by atoms with E-state index in [1.54, 1.807) is 32.9 Å². The van der Waals surface area contributed by atoms with Gasteiger partial charge in [-0.3, -0.25) is 4.79 Å². The Bertz CT molecular complexity index is 1090. The Morgan fingerprint density at radius 2 is 1.66 bits per heavy atom. The van der Waals surface area contributed by atoms with Crippen LogP contribution in [0.15, 0.2) is 59.5 Å². The van der Waals surface area contributed by atoms with Crippen LogP contribution in [0.4, 0.5) is 5.69 Å². The van der Waals surface area contributed by atoms with Crippen molar-refractivity contribution in [3.8, 4) is 10.6 Å². The maximum Gasteiger partial charge on any atom is 0.267 e. The number of thiazole rings is 1. The minimum Gasteiger partial charge on any atom is -0.321 e. The average Bonchev–Trinajstić information content (AvgIpc) is 3.11. The van der Waals surface area contributed by atoms with E-state index in [0.717, 1.165) is 10.6 Å². The summed E-state index contributed by atoms with van der Waals surface area (Å²) in [6.45, 7) is 6.22. The van der Waals surface area contributed by atoms with Gasteiger partial charge in [0, 0.05) is 24.3 Å². The van der Waals surface area contributed by atoms with Crippen LogP contribution in [0.25, 0.3) is 10.6 Å². The topological polar surface area (TPSA) is 79.4 Å². The molecule has 1 N–H and O–H groups in total. The maximum absolute atomic E-state index is 12.7. The van der Waals surface area contributed by atoms with Crippen molar-refractivity contribution >= 4 is 33.0 Å². The van der Waals surface area contributed by atoms with E-state index in [0.29, 0.717) is 29.3 Å². The number of sulfonamides is 1. The van der Waals surface area contributed by atoms with E-state index >= 15 is 0 Å². The first-order valence-corrected chi connectivity index (χ1v) is 11.6. The highest BCUT2D eigenvalue weighted by atomic mass is 32.2. The van der Waals surface area contributed by atoms with E-state index in [1.807, 2.05) is 30.3 Å². The van der Waals surface area contributed by atoms with Gasteiger partial charge in [0.15, 0.2) is 0 Å². The average molecular weight is 430 g/mol. The fourth-order valence-corrected chi connectivity index (χ4v) is 5.35. The number of aromatic nitrogens is 1. The van der Waals surface area contributed by atoms with E-state index in [1.165, 1.54) is 27.8 Å². The van der Waals surface area contributed by atoms with Gasteiger partial charge in [-0.15, -0.1) is 11.3 Å². The van der Waals surface area contributed by atoms with Gasteiger partial charge in [0.05, 0.1) is 10.6 Å². The normalized spacial score (nSPS) is 11.6.